The van der Waals surface area contributed by atoms with Crippen molar-refractivity contribution < 1.29 is 75.6 Å². The third-order valence-electron chi connectivity index (χ3n) is 9.14. The van der Waals surface area contributed by atoms with Gasteiger partial charge in [0.1, 0.15) is 17.6 Å². The number of ketones is 1. The van der Waals surface area contributed by atoms with E-state index >= 15 is 0 Å². The molecule has 49 heavy (non-hydrogen) atoms. The predicted molar refractivity (Wildman–Crippen MR) is 187 cm³/mol. The van der Waals surface area contributed by atoms with Crippen LogP contribution in [0.25, 0.3) is 10.9 Å². The Balaban J connectivity index is 0.00000468. The molecule has 1 aliphatic heterocycles. The number of piperazine rings is 1. The molecule has 2 heterocycles. The van der Waals surface area contributed by atoms with Crippen LogP contribution >= 0.6 is 0 Å². The zero-order valence-corrected chi connectivity index (χ0v) is 31.8. The summed E-state index contributed by atoms with van der Waals surface area (Å²) >= 11 is 0. The normalized spacial score (nSPS) is 13.9. The van der Waals surface area contributed by atoms with Crippen molar-refractivity contribution in [2.24, 2.45) is 0 Å². The topological polar surface area (TPSA) is 87.1 Å². The molecule has 1 aromatic heterocycles. The van der Waals surface area contributed by atoms with Crippen LogP contribution in [-0.4, -0.2) is 61.1 Å². The van der Waals surface area contributed by atoms with Gasteiger partial charge < -0.3 is 28.8 Å². The minimum atomic E-state index is -1.07. The number of rotatable bonds is 14. The number of carbonyl (C=O) groups excluding carboxylic acids is 2. The number of hydrogen-bond acceptors (Lipinski definition) is 7. The summed E-state index contributed by atoms with van der Waals surface area (Å²) in [6, 6.07) is 31.8. The van der Waals surface area contributed by atoms with E-state index in [0.29, 0.717) is 29.8 Å². The number of anilines is 1. The first-order chi connectivity index (χ1) is 23.4. The molecular weight excluding hydrogens is 642 g/mol. The Labute approximate surface area is 331 Å². The summed E-state index contributed by atoms with van der Waals surface area (Å²) in [5.41, 5.74) is 5.45. The van der Waals surface area contributed by atoms with Crippen molar-refractivity contribution in [3.63, 3.8) is 0 Å². The number of carboxylic acid groups (broad SMARTS) is 1. The first-order valence-electron chi connectivity index (χ1n) is 16.7. The molecule has 4 aromatic carbocycles. The van der Waals surface area contributed by atoms with Gasteiger partial charge in [-0.25, -0.2) is 0 Å². The van der Waals surface area contributed by atoms with Gasteiger partial charge in [-0.3, -0.25) is 9.69 Å². The summed E-state index contributed by atoms with van der Waals surface area (Å²) in [4.78, 5) is 29.8. The smallest absolute Gasteiger partial charge is 0.550 e. The molecule has 248 valence electrons. The second-order valence-corrected chi connectivity index (χ2v) is 12.4. The number of nitrogens with zero attached hydrogens (tertiary/aromatic N) is 3. The van der Waals surface area contributed by atoms with E-state index in [1.807, 2.05) is 71.4 Å². The Hall–Kier alpha value is -3.44. The van der Waals surface area contributed by atoms with E-state index in [1.54, 1.807) is 7.11 Å². The van der Waals surface area contributed by atoms with Gasteiger partial charge in [0.25, 0.3) is 0 Å². The summed E-state index contributed by atoms with van der Waals surface area (Å²) < 4.78 is 14.2. The van der Waals surface area contributed by atoms with Crippen molar-refractivity contribution >= 4 is 28.3 Å². The zero-order valence-electron chi connectivity index (χ0n) is 28.6. The average Bonchev–Trinajstić information content (AvgIpc) is 3.48. The molecule has 0 radical (unpaired) electrons. The van der Waals surface area contributed by atoms with Crippen molar-refractivity contribution in [2.75, 3.05) is 44.7 Å². The molecule has 6 rings (SSSR count). The molecule has 1 fully saturated rings. The SMILES string of the molecule is COc1ccccc1N1CCN(CCC(Oc2cccc(C(=O)c3cn(CCCC(=O)[O-])c4ccccc34)c2)c2ccc(C)cc2)CC1.[K+]. The number of methoxy groups -OCH3 is 1. The number of carbonyl (C=O) groups is 2. The van der Waals surface area contributed by atoms with Crippen molar-refractivity contribution in [3.8, 4) is 11.5 Å². The number of benzene rings is 4. The van der Waals surface area contributed by atoms with Crippen molar-refractivity contribution in [1.82, 2.24) is 9.47 Å². The van der Waals surface area contributed by atoms with Crippen LogP contribution in [0.15, 0.2) is 103 Å². The van der Waals surface area contributed by atoms with Gasteiger partial charge >= 0.3 is 51.4 Å². The van der Waals surface area contributed by atoms with Gasteiger partial charge in [-0.15, -0.1) is 0 Å². The Morgan fingerprint density at radius 1 is 0.857 bits per heavy atom. The first kappa shape index (κ1) is 36.8. The molecule has 5 aromatic rings. The zero-order chi connectivity index (χ0) is 33.5. The Morgan fingerprint density at radius 2 is 1.59 bits per heavy atom. The average molecular weight is 684 g/mol. The van der Waals surface area contributed by atoms with Crippen LogP contribution in [0.4, 0.5) is 5.69 Å². The first-order valence-corrected chi connectivity index (χ1v) is 16.7. The van der Waals surface area contributed by atoms with Crippen LogP contribution in [0.3, 0.4) is 0 Å². The number of fused-ring (bicyclic) bond motifs is 1. The number of para-hydroxylation sites is 3. The van der Waals surface area contributed by atoms with Crippen molar-refractivity contribution in [2.45, 2.75) is 38.8 Å². The third kappa shape index (κ3) is 9.22. The van der Waals surface area contributed by atoms with E-state index < -0.39 is 5.97 Å². The van der Waals surface area contributed by atoms with Crippen LogP contribution < -0.4 is 70.9 Å². The fourth-order valence-electron chi connectivity index (χ4n) is 6.51. The van der Waals surface area contributed by atoms with Gasteiger partial charge in [-0.1, -0.05) is 72.3 Å². The van der Waals surface area contributed by atoms with Gasteiger partial charge in [0.15, 0.2) is 5.78 Å². The fraction of sp³-hybridized carbons (Fsp3) is 0.300. The molecule has 1 saturated heterocycles. The van der Waals surface area contributed by atoms with Crippen molar-refractivity contribution in [3.05, 3.63) is 126 Å². The number of carboxylic acids is 1. The van der Waals surface area contributed by atoms with Gasteiger partial charge in [0.2, 0.25) is 0 Å². The third-order valence-corrected chi connectivity index (χ3v) is 9.14. The second kappa shape index (κ2) is 17.5. The summed E-state index contributed by atoms with van der Waals surface area (Å²) in [5, 5.41) is 11.8. The van der Waals surface area contributed by atoms with Crippen LogP contribution in [0.2, 0.25) is 0 Å². The van der Waals surface area contributed by atoms with E-state index in [0.717, 1.165) is 67.0 Å². The van der Waals surface area contributed by atoms with Crippen molar-refractivity contribution in [1.29, 1.82) is 0 Å². The Bertz CT molecular complexity index is 1860. The van der Waals surface area contributed by atoms with Crippen LogP contribution in [0.5, 0.6) is 11.5 Å². The molecule has 0 spiro atoms. The minimum absolute atomic E-state index is 0. The fourth-order valence-corrected chi connectivity index (χ4v) is 6.51. The molecule has 0 bridgehead atoms. The van der Waals surface area contributed by atoms with Crippen LogP contribution in [0.1, 0.15) is 52.4 Å². The monoisotopic (exact) mass is 683 g/mol. The summed E-state index contributed by atoms with van der Waals surface area (Å²) in [5.74, 6) is 0.370. The van der Waals surface area contributed by atoms with E-state index in [4.69, 9.17) is 9.47 Å². The van der Waals surface area contributed by atoms with Gasteiger partial charge in [-0.2, -0.15) is 0 Å². The number of aryl methyl sites for hydroxylation is 2. The minimum Gasteiger partial charge on any atom is -0.550 e. The molecule has 1 unspecified atom stereocenters. The van der Waals surface area contributed by atoms with Gasteiger partial charge in [0, 0.05) is 79.9 Å². The van der Waals surface area contributed by atoms with Gasteiger partial charge in [-0.05, 0) is 55.7 Å². The maximum Gasteiger partial charge on any atom is 1.00 e. The molecular formula is C40H42KN3O5. The number of aliphatic carboxylic acids is 1. The van der Waals surface area contributed by atoms with E-state index in [9.17, 15) is 14.7 Å². The van der Waals surface area contributed by atoms with E-state index in [2.05, 4.69) is 53.1 Å². The molecule has 0 saturated carbocycles. The summed E-state index contributed by atoms with van der Waals surface area (Å²) in [6.07, 6.45) is 2.84. The maximum absolute atomic E-state index is 13.9. The Morgan fingerprint density at radius 3 is 2.35 bits per heavy atom. The molecule has 0 aliphatic carbocycles. The predicted octanol–water partition coefficient (Wildman–Crippen LogP) is 3.06. The molecule has 9 heteroatoms. The number of aromatic nitrogens is 1. The molecule has 8 nitrogen and oxygen atoms in total. The van der Waals surface area contributed by atoms with Crippen LogP contribution in [-0.2, 0) is 11.3 Å². The number of hydrogen-bond donors (Lipinski definition) is 0. The summed E-state index contributed by atoms with van der Waals surface area (Å²) in [7, 11) is 1.72. The van der Waals surface area contributed by atoms with E-state index in [1.165, 1.54) is 5.56 Å². The molecule has 0 amide bonds. The van der Waals surface area contributed by atoms with Gasteiger partial charge in [0.05, 0.1) is 12.8 Å². The largest absolute Gasteiger partial charge is 1.00 e. The molecule has 0 N–H and O–H groups in total. The molecule has 1 aliphatic rings. The quantitative estimate of drug-likeness (QED) is 0.131. The standard InChI is InChI=1S/C40H43N3O5.K/c1-29-16-18-30(19-17-29)37(20-22-41-23-25-42(26-24-41)36-13-5-6-14-38(36)47-2)48-32-10-7-9-31(27-32)40(46)34-28-43(21-8-15-39(44)45)35-12-4-3-11-33(34)35;/h3-7,9-14,16-19,27-28,37H,8,15,20-26H2,1-2H3,(H,44,45);/q;+1/p-1. The number of ether oxygens (including phenoxy) is 2. The summed E-state index contributed by atoms with van der Waals surface area (Å²) in [6.45, 7) is 7.19. The Kier molecular flexibility index (Phi) is 13.1. The second-order valence-electron chi connectivity index (χ2n) is 12.4. The molecule has 1 atom stereocenters. The van der Waals surface area contributed by atoms with Crippen LogP contribution in [0, 0.1) is 6.92 Å². The maximum atomic E-state index is 13.9. The van der Waals surface area contributed by atoms with E-state index in [-0.39, 0.29) is 69.7 Å².